The molecule has 0 bridgehead atoms. The quantitative estimate of drug-likeness (QED) is 0.573. The normalized spacial score (nSPS) is 24.7. The summed E-state index contributed by atoms with van der Waals surface area (Å²) >= 11 is 0. The summed E-state index contributed by atoms with van der Waals surface area (Å²) in [4.78, 5) is 22.3. The van der Waals surface area contributed by atoms with Gasteiger partial charge in [-0.25, -0.2) is 0 Å². The van der Waals surface area contributed by atoms with Gasteiger partial charge in [0.1, 0.15) is 11.7 Å². The summed E-state index contributed by atoms with van der Waals surface area (Å²) in [6, 6.07) is 0. The van der Waals surface area contributed by atoms with Crippen LogP contribution in [-0.2, 0) is 9.59 Å². The van der Waals surface area contributed by atoms with Crippen LogP contribution in [0.25, 0.3) is 0 Å². The maximum atomic E-state index is 11.6. The first-order valence-electron chi connectivity index (χ1n) is 6.77. The molecule has 19 heavy (non-hydrogen) atoms. The van der Waals surface area contributed by atoms with Gasteiger partial charge in [0.05, 0.1) is 6.10 Å². The Hall–Kier alpha value is -1.16. The second kappa shape index (κ2) is 5.87. The lowest BCUT2D eigenvalue weighted by Crippen LogP contribution is -2.29. The van der Waals surface area contributed by atoms with Crippen LogP contribution in [0.2, 0.25) is 0 Å². The molecule has 0 aliphatic heterocycles. The Kier molecular flexibility index (Phi) is 4.91. The number of ketones is 1. The number of carboxylic acid groups (broad SMARTS) is 1. The Morgan fingerprint density at radius 2 is 2.05 bits per heavy atom. The molecule has 108 valence electrons. The highest BCUT2D eigenvalue weighted by molar-refractivity contribution is 5.97. The number of aliphatic hydroxyl groups excluding tert-OH is 1. The fourth-order valence-electron chi connectivity index (χ4n) is 2.55. The molecule has 0 aromatic carbocycles. The van der Waals surface area contributed by atoms with Crippen molar-refractivity contribution in [3.63, 3.8) is 0 Å². The molecule has 0 aromatic heterocycles. The Balaban J connectivity index is 2.51. The number of rotatable bonds is 6. The zero-order chi connectivity index (χ0) is 14.8. The molecular weight excluding hydrogens is 244 g/mol. The molecule has 0 radical (unpaired) electrons. The van der Waals surface area contributed by atoms with E-state index in [1.54, 1.807) is 0 Å². The lowest BCUT2D eigenvalue weighted by molar-refractivity contribution is -0.146. The van der Waals surface area contributed by atoms with E-state index in [1.165, 1.54) is 12.5 Å². The van der Waals surface area contributed by atoms with Gasteiger partial charge in [0, 0.05) is 6.42 Å². The van der Waals surface area contributed by atoms with E-state index in [2.05, 4.69) is 26.8 Å². The molecule has 3 unspecified atom stereocenters. The van der Waals surface area contributed by atoms with Crippen molar-refractivity contribution in [1.29, 1.82) is 0 Å². The molecule has 0 saturated carbocycles. The minimum Gasteiger partial charge on any atom is -0.481 e. The molecule has 4 nitrogen and oxygen atoms in total. The topological polar surface area (TPSA) is 74.6 Å². The van der Waals surface area contributed by atoms with Crippen molar-refractivity contribution < 1.29 is 19.8 Å². The number of carboxylic acids is 1. The smallest absolute Gasteiger partial charge is 0.313 e. The highest BCUT2D eigenvalue weighted by Crippen LogP contribution is 2.45. The van der Waals surface area contributed by atoms with Crippen LogP contribution < -0.4 is 0 Å². The summed E-state index contributed by atoms with van der Waals surface area (Å²) in [7, 11) is 0. The van der Waals surface area contributed by atoms with Crippen molar-refractivity contribution in [2.45, 2.75) is 53.1 Å². The molecule has 0 spiro atoms. The number of hydrogen-bond acceptors (Lipinski definition) is 3. The van der Waals surface area contributed by atoms with E-state index < -0.39 is 23.8 Å². The predicted molar refractivity (Wildman–Crippen MR) is 72.7 cm³/mol. The summed E-state index contributed by atoms with van der Waals surface area (Å²) in [5, 5.41) is 18.7. The first-order valence-corrected chi connectivity index (χ1v) is 6.77. The first kappa shape index (κ1) is 15.9. The van der Waals surface area contributed by atoms with Gasteiger partial charge < -0.3 is 10.2 Å². The van der Waals surface area contributed by atoms with E-state index in [1.807, 2.05) is 0 Å². The molecule has 0 fully saturated rings. The molecular formula is C15H24O4. The van der Waals surface area contributed by atoms with Gasteiger partial charge in [-0.1, -0.05) is 25.5 Å². The number of aliphatic carboxylic acids is 1. The monoisotopic (exact) mass is 268 g/mol. The van der Waals surface area contributed by atoms with Crippen molar-refractivity contribution in [3.8, 4) is 0 Å². The molecule has 0 aromatic rings. The highest BCUT2D eigenvalue weighted by atomic mass is 16.4. The summed E-state index contributed by atoms with van der Waals surface area (Å²) in [5.41, 5.74) is 1.36. The minimum atomic E-state index is -1.13. The Morgan fingerprint density at radius 3 is 2.47 bits per heavy atom. The van der Waals surface area contributed by atoms with Gasteiger partial charge in [0.25, 0.3) is 0 Å². The lowest BCUT2D eigenvalue weighted by Gasteiger charge is -2.31. The largest absolute Gasteiger partial charge is 0.481 e. The van der Waals surface area contributed by atoms with Crippen molar-refractivity contribution in [2.75, 3.05) is 0 Å². The van der Waals surface area contributed by atoms with Gasteiger partial charge in [-0.05, 0) is 38.0 Å². The zero-order valence-corrected chi connectivity index (χ0v) is 12.1. The summed E-state index contributed by atoms with van der Waals surface area (Å²) in [6.07, 6.45) is 2.81. The van der Waals surface area contributed by atoms with Gasteiger partial charge in [0.15, 0.2) is 0 Å². The number of carbonyl (C=O) groups excluding carboxylic acids is 1. The van der Waals surface area contributed by atoms with Gasteiger partial charge in [0.2, 0.25) is 0 Å². The molecule has 1 rings (SSSR count). The fourth-order valence-corrected chi connectivity index (χ4v) is 2.55. The maximum absolute atomic E-state index is 11.6. The van der Waals surface area contributed by atoms with Crippen LogP contribution in [-0.4, -0.2) is 28.1 Å². The molecule has 3 atom stereocenters. The number of aliphatic hydroxyl groups is 1. The third-order valence-electron chi connectivity index (χ3n) is 4.59. The third-order valence-corrected chi connectivity index (χ3v) is 4.59. The number of allylic oxidation sites excluding steroid dienone is 2. The van der Waals surface area contributed by atoms with Crippen molar-refractivity contribution in [1.82, 2.24) is 0 Å². The van der Waals surface area contributed by atoms with Crippen LogP contribution in [0.4, 0.5) is 0 Å². The standard InChI is InChI=1S/C15H24O4/c1-9-5-6-11(15(9,3)4)7-12(16)8-13(17)10(2)14(18)19/h5,10-12,16H,6-8H2,1-4H3,(H,18,19). The van der Waals surface area contributed by atoms with Gasteiger partial charge in [-0.15, -0.1) is 0 Å². The second-order valence-corrected chi connectivity index (χ2v) is 6.16. The van der Waals surface area contributed by atoms with Crippen LogP contribution in [0.1, 0.15) is 47.0 Å². The summed E-state index contributed by atoms with van der Waals surface area (Å²) in [5.74, 6) is -2.25. The van der Waals surface area contributed by atoms with Crippen LogP contribution in [0.5, 0.6) is 0 Å². The van der Waals surface area contributed by atoms with Gasteiger partial charge >= 0.3 is 5.97 Å². The molecule has 1 aliphatic carbocycles. The number of hydrogen-bond donors (Lipinski definition) is 2. The van der Waals surface area contributed by atoms with Crippen LogP contribution in [0.3, 0.4) is 0 Å². The van der Waals surface area contributed by atoms with Crippen LogP contribution in [0.15, 0.2) is 11.6 Å². The average molecular weight is 268 g/mol. The van der Waals surface area contributed by atoms with E-state index in [-0.39, 0.29) is 11.8 Å². The number of carbonyl (C=O) groups is 2. The number of Topliss-reactive ketones (excluding diaryl/α,β-unsaturated/α-hetero) is 1. The van der Waals surface area contributed by atoms with Crippen molar-refractivity contribution in [3.05, 3.63) is 11.6 Å². The van der Waals surface area contributed by atoms with Crippen molar-refractivity contribution in [2.24, 2.45) is 17.3 Å². The van der Waals surface area contributed by atoms with E-state index >= 15 is 0 Å². The molecule has 1 aliphatic rings. The second-order valence-electron chi connectivity index (χ2n) is 6.16. The fraction of sp³-hybridized carbons (Fsp3) is 0.733. The first-order chi connectivity index (χ1) is 8.66. The molecule has 4 heteroatoms. The van der Waals surface area contributed by atoms with E-state index in [0.29, 0.717) is 12.3 Å². The molecule has 0 amide bonds. The minimum absolute atomic E-state index is 0.0441. The Bertz CT molecular complexity index is 395. The van der Waals surface area contributed by atoms with Crippen molar-refractivity contribution >= 4 is 11.8 Å². The van der Waals surface area contributed by atoms with Gasteiger partial charge in [-0.2, -0.15) is 0 Å². The van der Waals surface area contributed by atoms with E-state index in [0.717, 1.165) is 6.42 Å². The Morgan fingerprint density at radius 1 is 1.47 bits per heavy atom. The van der Waals surface area contributed by atoms with E-state index in [9.17, 15) is 14.7 Å². The lowest BCUT2D eigenvalue weighted by atomic mass is 9.75. The van der Waals surface area contributed by atoms with Crippen LogP contribution >= 0.6 is 0 Å². The third kappa shape index (κ3) is 3.66. The van der Waals surface area contributed by atoms with E-state index in [4.69, 9.17) is 5.11 Å². The summed E-state index contributed by atoms with van der Waals surface area (Å²) < 4.78 is 0. The SMILES string of the molecule is CC1=CCC(CC(O)CC(=O)C(C)C(=O)O)C1(C)C. The zero-order valence-electron chi connectivity index (χ0n) is 12.1. The predicted octanol–water partition coefficient (Wildman–Crippen LogP) is 2.41. The Labute approximate surface area is 114 Å². The summed E-state index contributed by atoms with van der Waals surface area (Å²) in [6.45, 7) is 7.74. The molecule has 2 N–H and O–H groups in total. The molecule has 0 heterocycles. The maximum Gasteiger partial charge on any atom is 0.313 e. The van der Waals surface area contributed by atoms with Gasteiger partial charge in [-0.3, -0.25) is 9.59 Å². The molecule has 0 saturated heterocycles. The van der Waals surface area contributed by atoms with Crippen LogP contribution in [0, 0.1) is 17.3 Å². The average Bonchev–Trinajstić information content (AvgIpc) is 2.54. The highest BCUT2D eigenvalue weighted by Gasteiger charge is 2.36.